The fourth-order valence-electron chi connectivity index (χ4n) is 3.42. The van der Waals surface area contributed by atoms with Gasteiger partial charge < -0.3 is 14.2 Å². The summed E-state index contributed by atoms with van der Waals surface area (Å²) < 4.78 is 11.0. The molecule has 0 radical (unpaired) electrons. The quantitative estimate of drug-likeness (QED) is 0.814. The van der Waals surface area contributed by atoms with E-state index in [9.17, 15) is 4.79 Å². The Balaban J connectivity index is 1.64. The third-order valence-corrected chi connectivity index (χ3v) is 5.02. The molecule has 1 fully saturated rings. The van der Waals surface area contributed by atoms with Crippen LogP contribution in [-0.4, -0.2) is 28.6 Å². The summed E-state index contributed by atoms with van der Waals surface area (Å²) in [6, 6.07) is 7.79. The first kappa shape index (κ1) is 17.5. The second kappa shape index (κ2) is 7.72. The Morgan fingerprint density at radius 1 is 1.28 bits per heavy atom. The van der Waals surface area contributed by atoms with Crippen LogP contribution in [0.15, 0.2) is 28.8 Å². The third-order valence-electron chi connectivity index (χ3n) is 5.02. The minimum absolute atomic E-state index is 0.129. The molecule has 5 heteroatoms. The van der Waals surface area contributed by atoms with E-state index in [1.54, 1.807) is 0 Å². The van der Waals surface area contributed by atoms with E-state index >= 15 is 0 Å². The molecular formula is C20H26N2O3. The number of benzene rings is 1. The summed E-state index contributed by atoms with van der Waals surface area (Å²) in [5, 5.41) is 3.93. The summed E-state index contributed by atoms with van der Waals surface area (Å²) in [6.45, 7) is 7.21. The van der Waals surface area contributed by atoms with Crippen LogP contribution in [0.1, 0.15) is 60.0 Å². The van der Waals surface area contributed by atoms with Gasteiger partial charge in [0.25, 0.3) is 5.91 Å². The largest absolute Gasteiger partial charge is 0.489 e. The highest BCUT2D eigenvalue weighted by Crippen LogP contribution is 2.23. The summed E-state index contributed by atoms with van der Waals surface area (Å²) in [4.78, 5) is 14.8. The highest BCUT2D eigenvalue weighted by atomic mass is 16.5. The Hall–Kier alpha value is -2.30. The molecule has 3 rings (SSSR count). The Kier molecular flexibility index (Phi) is 5.41. The standard InChI is InChI=1S/C20H26N2O3/c1-4-17-7-5-6-12-22(17)20(23)16-8-10-18(11-9-16)24-13-19-14(2)21-25-15(19)3/h8-11,17H,4-7,12-13H2,1-3H3. The first-order chi connectivity index (χ1) is 12.1. The number of aryl methyl sites for hydroxylation is 2. The van der Waals surface area contributed by atoms with Gasteiger partial charge >= 0.3 is 0 Å². The van der Waals surface area contributed by atoms with Gasteiger partial charge in [-0.1, -0.05) is 12.1 Å². The second-order valence-electron chi connectivity index (χ2n) is 6.67. The number of hydrogen-bond acceptors (Lipinski definition) is 4. The zero-order chi connectivity index (χ0) is 17.8. The molecule has 0 N–H and O–H groups in total. The first-order valence-corrected chi connectivity index (χ1v) is 9.05. The van der Waals surface area contributed by atoms with Gasteiger partial charge in [-0.2, -0.15) is 0 Å². The van der Waals surface area contributed by atoms with Crippen molar-refractivity contribution >= 4 is 5.91 Å². The zero-order valence-corrected chi connectivity index (χ0v) is 15.2. The number of aromatic nitrogens is 1. The SMILES string of the molecule is CCC1CCCCN1C(=O)c1ccc(OCc2c(C)noc2C)cc1. The Morgan fingerprint density at radius 3 is 2.68 bits per heavy atom. The lowest BCUT2D eigenvalue weighted by Gasteiger charge is -2.35. The molecule has 0 bridgehead atoms. The minimum atomic E-state index is 0.129. The van der Waals surface area contributed by atoms with Gasteiger partial charge in [0.15, 0.2) is 0 Å². The van der Waals surface area contributed by atoms with Gasteiger partial charge in [0.1, 0.15) is 18.1 Å². The van der Waals surface area contributed by atoms with Crippen molar-refractivity contribution < 1.29 is 14.1 Å². The van der Waals surface area contributed by atoms with E-state index < -0.39 is 0 Å². The predicted octanol–water partition coefficient (Wildman–Crippen LogP) is 4.28. The van der Waals surface area contributed by atoms with Crippen molar-refractivity contribution in [1.29, 1.82) is 0 Å². The van der Waals surface area contributed by atoms with E-state index in [2.05, 4.69) is 12.1 Å². The maximum Gasteiger partial charge on any atom is 0.254 e. The van der Waals surface area contributed by atoms with Gasteiger partial charge in [-0.3, -0.25) is 4.79 Å². The molecule has 1 aromatic carbocycles. The fourth-order valence-corrected chi connectivity index (χ4v) is 3.42. The highest BCUT2D eigenvalue weighted by Gasteiger charge is 2.26. The van der Waals surface area contributed by atoms with E-state index in [1.165, 1.54) is 6.42 Å². The summed E-state index contributed by atoms with van der Waals surface area (Å²) in [5.74, 6) is 1.64. The maximum absolute atomic E-state index is 12.8. The van der Waals surface area contributed by atoms with Crippen molar-refractivity contribution in [1.82, 2.24) is 10.1 Å². The van der Waals surface area contributed by atoms with Gasteiger partial charge in [0.2, 0.25) is 0 Å². The lowest BCUT2D eigenvalue weighted by molar-refractivity contribution is 0.0608. The van der Waals surface area contributed by atoms with Crippen molar-refractivity contribution in [3.05, 3.63) is 46.8 Å². The number of likely N-dealkylation sites (tertiary alicyclic amines) is 1. The van der Waals surface area contributed by atoms with Gasteiger partial charge in [0.05, 0.1) is 11.3 Å². The molecule has 0 aliphatic carbocycles. The molecule has 1 aliphatic rings. The smallest absolute Gasteiger partial charge is 0.254 e. The number of ether oxygens (including phenoxy) is 1. The van der Waals surface area contributed by atoms with Crippen molar-refractivity contribution in [3.63, 3.8) is 0 Å². The molecule has 0 saturated carbocycles. The molecule has 5 nitrogen and oxygen atoms in total. The minimum Gasteiger partial charge on any atom is -0.489 e. The zero-order valence-electron chi connectivity index (χ0n) is 15.2. The molecule has 1 amide bonds. The number of nitrogens with zero attached hydrogens (tertiary/aromatic N) is 2. The van der Waals surface area contributed by atoms with Crippen molar-refractivity contribution in [2.24, 2.45) is 0 Å². The molecule has 1 unspecified atom stereocenters. The van der Waals surface area contributed by atoms with Gasteiger partial charge in [-0.25, -0.2) is 0 Å². The molecule has 2 heterocycles. The normalized spacial score (nSPS) is 17.6. The topological polar surface area (TPSA) is 55.6 Å². The van der Waals surface area contributed by atoms with Crippen LogP contribution in [0, 0.1) is 13.8 Å². The number of rotatable bonds is 5. The highest BCUT2D eigenvalue weighted by molar-refractivity contribution is 5.94. The number of carbonyl (C=O) groups excluding carboxylic acids is 1. The molecule has 1 aliphatic heterocycles. The van der Waals surface area contributed by atoms with Crippen LogP contribution in [0.5, 0.6) is 5.75 Å². The number of carbonyl (C=O) groups is 1. The van der Waals surface area contributed by atoms with Crippen LogP contribution in [0.2, 0.25) is 0 Å². The van der Waals surface area contributed by atoms with E-state index in [0.29, 0.717) is 12.6 Å². The van der Waals surface area contributed by atoms with Gasteiger partial charge in [-0.15, -0.1) is 0 Å². The molecule has 1 atom stereocenters. The van der Waals surface area contributed by atoms with E-state index in [1.807, 2.05) is 43.0 Å². The predicted molar refractivity (Wildman–Crippen MR) is 95.7 cm³/mol. The lowest BCUT2D eigenvalue weighted by atomic mass is 9.99. The molecular weight excluding hydrogens is 316 g/mol. The van der Waals surface area contributed by atoms with E-state index in [4.69, 9.17) is 9.26 Å². The van der Waals surface area contributed by atoms with Gasteiger partial charge in [-0.05, 0) is 63.8 Å². The summed E-state index contributed by atoms with van der Waals surface area (Å²) in [5.41, 5.74) is 2.55. The molecule has 2 aromatic rings. The van der Waals surface area contributed by atoms with Crippen LogP contribution >= 0.6 is 0 Å². The van der Waals surface area contributed by atoms with Crippen LogP contribution in [0.25, 0.3) is 0 Å². The summed E-state index contributed by atoms with van der Waals surface area (Å²) in [7, 11) is 0. The lowest BCUT2D eigenvalue weighted by Crippen LogP contribution is -2.43. The van der Waals surface area contributed by atoms with Crippen molar-refractivity contribution in [2.75, 3.05) is 6.54 Å². The van der Waals surface area contributed by atoms with Crippen molar-refractivity contribution in [3.8, 4) is 5.75 Å². The fraction of sp³-hybridized carbons (Fsp3) is 0.500. The van der Waals surface area contributed by atoms with Crippen LogP contribution in [0.3, 0.4) is 0 Å². The third kappa shape index (κ3) is 3.86. The number of hydrogen-bond donors (Lipinski definition) is 0. The van der Waals surface area contributed by atoms with E-state index in [0.717, 1.165) is 54.1 Å². The maximum atomic E-state index is 12.8. The second-order valence-corrected chi connectivity index (χ2v) is 6.67. The average molecular weight is 342 g/mol. The van der Waals surface area contributed by atoms with Crippen molar-refractivity contribution in [2.45, 2.75) is 59.1 Å². The molecule has 1 aromatic heterocycles. The summed E-state index contributed by atoms with van der Waals surface area (Å²) >= 11 is 0. The Labute approximate surface area is 148 Å². The van der Waals surface area contributed by atoms with Crippen LogP contribution < -0.4 is 4.74 Å². The van der Waals surface area contributed by atoms with Crippen LogP contribution in [0.4, 0.5) is 0 Å². The van der Waals surface area contributed by atoms with Gasteiger partial charge in [0, 0.05) is 18.2 Å². The summed E-state index contributed by atoms with van der Waals surface area (Å²) in [6.07, 6.45) is 4.45. The Bertz CT molecular complexity index is 702. The molecule has 1 saturated heterocycles. The average Bonchev–Trinajstić information content (AvgIpc) is 2.97. The van der Waals surface area contributed by atoms with E-state index in [-0.39, 0.29) is 5.91 Å². The molecule has 0 spiro atoms. The first-order valence-electron chi connectivity index (χ1n) is 9.05. The monoisotopic (exact) mass is 342 g/mol. The number of amides is 1. The molecule has 25 heavy (non-hydrogen) atoms. The Morgan fingerprint density at radius 2 is 2.04 bits per heavy atom. The number of piperidine rings is 1. The van der Waals surface area contributed by atoms with Crippen LogP contribution in [-0.2, 0) is 6.61 Å². The molecule has 134 valence electrons.